The molecular formula is C11H17F3O2S. The lowest BCUT2D eigenvalue weighted by atomic mass is 9.91. The number of halogens is 3. The molecule has 6 heteroatoms. The zero-order valence-corrected chi connectivity index (χ0v) is 10.5. The molecule has 0 heterocycles. The van der Waals surface area contributed by atoms with Crippen molar-refractivity contribution >= 4 is 17.7 Å². The maximum absolute atomic E-state index is 12.4. The molecule has 3 unspecified atom stereocenters. The molecule has 0 aliphatic heterocycles. The van der Waals surface area contributed by atoms with E-state index < -0.39 is 18.1 Å². The zero-order valence-electron chi connectivity index (χ0n) is 9.67. The lowest BCUT2D eigenvalue weighted by molar-refractivity contribution is -0.188. The van der Waals surface area contributed by atoms with Crippen molar-refractivity contribution in [2.24, 2.45) is 11.8 Å². The second-order valence-electron chi connectivity index (χ2n) is 4.66. The van der Waals surface area contributed by atoms with Crippen molar-refractivity contribution < 1.29 is 23.1 Å². The summed E-state index contributed by atoms with van der Waals surface area (Å²) >= 11 is 1.16. The van der Waals surface area contributed by atoms with Crippen LogP contribution in [0.15, 0.2) is 0 Å². The smallest absolute Gasteiger partial charge is 0.403 e. The highest BCUT2D eigenvalue weighted by Gasteiger charge is 2.45. The van der Waals surface area contributed by atoms with E-state index in [2.05, 4.69) is 6.92 Å². The van der Waals surface area contributed by atoms with E-state index in [-0.39, 0.29) is 11.0 Å². The first kappa shape index (κ1) is 14.7. The molecule has 100 valence electrons. The monoisotopic (exact) mass is 270 g/mol. The fraction of sp³-hybridized carbons (Fsp3) is 0.909. The number of thioether (sulfide) groups is 1. The van der Waals surface area contributed by atoms with E-state index in [0.717, 1.165) is 37.4 Å². The highest BCUT2D eigenvalue weighted by Crippen LogP contribution is 2.36. The molecule has 0 radical (unpaired) electrons. The maximum atomic E-state index is 12.4. The Labute approximate surface area is 103 Å². The van der Waals surface area contributed by atoms with Gasteiger partial charge in [0.2, 0.25) is 0 Å². The van der Waals surface area contributed by atoms with Gasteiger partial charge < -0.3 is 5.11 Å². The first-order chi connectivity index (χ1) is 7.80. The van der Waals surface area contributed by atoms with Crippen LogP contribution in [0.5, 0.6) is 0 Å². The van der Waals surface area contributed by atoms with Gasteiger partial charge in [-0.3, -0.25) is 4.79 Å². The topological polar surface area (TPSA) is 37.3 Å². The van der Waals surface area contributed by atoms with Crippen LogP contribution < -0.4 is 0 Å². The van der Waals surface area contributed by atoms with E-state index in [4.69, 9.17) is 5.11 Å². The molecule has 1 N–H and O–H groups in total. The van der Waals surface area contributed by atoms with E-state index in [1.807, 2.05) is 0 Å². The molecule has 0 spiro atoms. The number of rotatable bonds is 4. The largest absolute Gasteiger partial charge is 0.481 e. The molecule has 3 atom stereocenters. The van der Waals surface area contributed by atoms with Crippen LogP contribution in [0.3, 0.4) is 0 Å². The number of hydrogen-bond acceptors (Lipinski definition) is 2. The Kier molecular flexibility index (Phi) is 5.16. The first-order valence-corrected chi connectivity index (χ1v) is 6.76. The minimum absolute atomic E-state index is 0.183. The van der Waals surface area contributed by atoms with Gasteiger partial charge in [0.1, 0.15) is 0 Å². The lowest BCUT2D eigenvalue weighted by Gasteiger charge is -2.27. The van der Waals surface area contributed by atoms with E-state index in [1.54, 1.807) is 0 Å². The van der Waals surface area contributed by atoms with Gasteiger partial charge in [-0.25, -0.2) is 0 Å². The summed E-state index contributed by atoms with van der Waals surface area (Å²) in [6.07, 6.45) is -0.686. The number of alkyl halides is 3. The Hall–Kier alpha value is -0.390. The van der Waals surface area contributed by atoms with Crippen LogP contribution in [0.2, 0.25) is 0 Å². The van der Waals surface area contributed by atoms with E-state index in [0.29, 0.717) is 5.92 Å². The summed E-state index contributed by atoms with van der Waals surface area (Å²) in [6, 6.07) is 0. The van der Waals surface area contributed by atoms with Gasteiger partial charge in [0.25, 0.3) is 0 Å². The maximum Gasteiger partial charge on any atom is 0.403 e. The van der Waals surface area contributed by atoms with Crippen LogP contribution in [0.25, 0.3) is 0 Å². The van der Waals surface area contributed by atoms with Crippen molar-refractivity contribution in [3.63, 3.8) is 0 Å². The quantitative estimate of drug-likeness (QED) is 0.848. The second-order valence-corrected chi connectivity index (χ2v) is 5.99. The van der Waals surface area contributed by atoms with E-state index >= 15 is 0 Å². The average molecular weight is 270 g/mol. The van der Waals surface area contributed by atoms with Crippen LogP contribution >= 0.6 is 11.8 Å². The number of carboxylic acids is 1. The van der Waals surface area contributed by atoms with Gasteiger partial charge in [-0.15, -0.1) is 0 Å². The van der Waals surface area contributed by atoms with Gasteiger partial charge in [0.15, 0.2) is 5.92 Å². The minimum Gasteiger partial charge on any atom is -0.481 e. The third-order valence-electron chi connectivity index (χ3n) is 3.08. The summed E-state index contributed by atoms with van der Waals surface area (Å²) in [4.78, 5) is 10.5. The first-order valence-electron chi connectivity index (χ1n) is 5.71. The predicted molar refractivity (Wildman–Crippen MR) is 61.1 cm³/mol. The minimum atomic E-state index is -4.64. The highest BCUT2D eigenvalue weighted by molar-refractivity contribution is 7.99. The SMILES string of the molecule is CC1CCCC(SCC(C(=O)O)C(F)(F)F)C1. The average Bonchev–Trinajstić information content (AvgIpc) is 2.15. The van der Waals surface area contributed by atoms with E-state index in [1.165, 1.54) is 0 Å². The third-order valence-corrected chi connectivity index (χ3v) is 4.51. The molecule has 0 saturated heterocycles. The number of carbonyl (C=O) groups is 1. The summed E-state index contributed by atoms with van der Waals surface area (Å²) in [6.45, 7) is 2.09. The fourth-order valence-corrected chi connectivity index (χ4v) is 3.66. The third kappa shape index (κ3) is 4.77. The van der Waals surface area contributed by atoms with Gasteiger partial charge in [0, 0.05) is 11.0 Å². The van der Waals surface area contributed by atoms with Crippen LogP contribution in [0.4, 0.5) is 13.2 Å². The molecular weight excluding hydrogens is 253 g/mol. The standard InChI is InChI=1S/C11H17F3O2S/c1-7-3-2-4-8(5-7)17-6-9(10(15)16)11(12,13)14/h7-9H,2-6H2,1H3,(H,15,16). The number of carboxylic acid groups (broad SMARTS) is 1. The van der Waals surface area contributed by atoms with Gasteiger partial charge >= 0.3 is 12.1 Å². The molecule has 17 heavy (non-hydrogen) atoms. The second kappa shape index (κ2) is 5.98. The fourth-order valence-electron chi connectivity index (χ4n) is 2.07. The molecule has 1 fully saturated rings. The van der Waals surface area contributed by atoms with Crippen molar-refractivity contribution in [2.45, 2.75) is 44.0 Å². The van der Waals surface area contributed by atoms with Crippen molar-refractivity contribution in [3.05, 3.63) is 0 Å². The van der Waals surface area contributed by atoms with E-state index in [9.17, 15) is 18.0 Å². The van der Waals surface area contributed by atoms with Gasteiger partial charge in [-0.05, 0) is 18.8 Å². The van der Waals surface area contributed by atoms with Crippen molar-refractivity contribution in [3.8, 4) is 0 Å². The van der Waals surface area contributed by atoms with Crippen molar-refractivity contribution in [1.82, 2.24) is 0 Å². The molecule has 1 aliphatic carbocycles. The number of hydrogen-bond donors (Lipinski definition) is 1. The molecule has 0 bridgehead atoms. The Morgan fingerprint density at radius 3 is 2.59 bits per heavy atom. The molecule has 0 aromatic rings. The number of aliphatic carboxylic acids is 1. The molecule has 1 rings (SSSR count). The van der Waals surface area contributed by atoms with Gasteiger partial charge in [-0.2, -0.15) is 24.9 Å². The lowest BCUT2D eigenvalue weighted by Crippen LogP contribution is -2.33. The Balaban J connectivity index is 2.44. The predicted octanol–water partition coefficient (Wildman–Crippen LogP) is 3.56. The molecule has 1 aliphatic rings. The summed E-state index contributed by atoms with van der Waals surface area (Å²) in [5.41, 5.74) is 0. The molecule has 1 saturated carbocycles. The zero-order chi connectivity index (χ0) is 13.1. The molecule has 0 aromatic carbocycles. The Bertz CT molecular complexity index is 268. The van der Waals surface area contributed by atoms with Crippen LogP contribution in [-0.4, -0.2) is 28.3 Å². The van der Waals surface area contributed by atoms with Crippen LogP contribution in [-0.2, 0) is 4.79 Å². The van der Waals surface area contributed by atoms with Gasteiger partial charge in [-0.1, -0.05) is 19.8 Å². The Morgan fingerprint density at radius 2 is 2.12 bits per heavy atom. The summed E-state index contributed by atoms with van der Waals surface area (Å²) in [5.74, 6) is -3.83. The summed E-state index contributed by atoms with van der Waals surface area (Å²) in [5, 5.41) is 8.74. The summed E-state index contributed by atoms with van der Waals surface area (Å²) in [7, 11) is 0. The van der Waals surface area contributed by atoms with Crippen LogP contribution in [0, 0.1) is 11.8 Å². The Morgan fingerprint density at radius 1 is 1.47 bits per heavy atom. The van der Waals surface area contributed by atoms with Crippen molar-refractivity contribution in [2.75, 3.05) is 5.75 Å². The molecule has 0 amide bonds. The summed E-state index contributed by atoms with van der Waals surface area (Å²) < 4.78 is 37.2. The molecule has 2 nitrogen and oxygen atoms in total. The normalized spacial score (nSPS) is 27.8. The highest BCUT2D eigenvalue weighted by atomic mass is 32.2. The van der Waals surface area contributed by atoms with Gasteiger partial charge in [0.05, 0.1) is 0 Å². The molecule has 0 aromatic heterocycles. The van der Waals surface area contributed by atoms with Crippen molar-refractivity contribution in [1.29, 1.82) is 0 Å². The van der Waals surface area contributed by atoms with Crippen LogP contribution in [0.1, 0.15) is 32.6 Å².